The molecular formula is C7H8BiNO4. The van der Waals surface area contributed by atoms with Crippen molar-refractivity contribution in [3.63, 3.8) is 0 Å². The molecule has 13 heavy (non-hydrogen) atoms. The molecule has 0 saturated carbocycles. The summed E-state index contributed by atoms with van der Waals surface area (Å²) in [7, 11) is 0. The molecule has 1 aromatic heterocycles. The molecule has 0 fully saturated rings. The Balaban J connectivity index is 0.00000144. The van der Waals surface area contributed by atoms with E-state index in [0.29, 0.717) is 0 Å². The fourth-order valence-electron chi connectivity index (χ4n) is 0.748. The predicted molar refractivity (Wildman–Crippen MR) is 48.1 cm³/mol. The van der Waals surface area contributed by atoms with Gasteiger partial charge in [-0.3, -0.25) is 0 Å². The molecule has 0 saturated heterocycles. The van der Waals surface area contributed by atoms with Crippen LogP contribution in [0.4, 0.5) is 0 Å². The third-order valence-electron chi connectivity index (χ3n) is 1.24. The van der Waals surface area contributed by atoms with Crippen LogP contribution in [-0.4, -0.2) is 53.3 Å². The third kappa shape index (κ3) is 2.74. The van der Waals surface area contributed by atoms with Crippen LogP contribution in [0.25, 0.3) is 0 Å². The van der Waals surface area contributed by atoms with E-state index in [1.807, 2.05) is 0 Å². The summed E-state index contributed by atoms with van der Waals surface area (Å²) in [5.74, 6) is -2.63. The van der Waals surface area contributed by atoms with Crippen molar-refractivity contribution in [2.75, 3.05) is 0 Å². The molecule has 0 radical (unpaired) electrons. The van der Waals surface area contributed by atoms with Crippen molar-refractivity contribution in [3.05, 3.63) is 29.6 Å². The molecule has 0 aromatic carbocycles. The zero-order chi connectivity index (χ0) is 9.14. The number of hydrogen-bond acceptors (Lipinski definition) is 3. The van der Waals surface area contributed by atoms with Crippen molar-refractivity contribution in [2.45, 2.75) is 0 Å². The second-order valence-corrected chi connectivity index (χ2v) is 2.01. The van der Waals surface area contributed by atoms with Crippen molar-refractivity contribution in [1.29, 1.82) is 0 Å². The van der Waals surface area contributed by atoms with E-state index in [-0.39, 0.29) is 31.8 Å². The maximum atomic E-state index is 10.4. The van der Waals surface area contributed by atoms with Crippen LogP contribution in [0.1, 0.15) is 20.8 Å². The Labute approximate surface area is 92.5 Å². The van der Waals surface area contributed by atoms with E-state index in [1.165, 1.54) is 18.3 Å². The number of rotatable bonds is 2. The van der Waals surface area contributed by atoms with Crippen LogP contribution in [-0.2, 0) is 0 Å². The van der Waals surface area contributed by atoms with Gasteiger partial charge < -0.3 is 10.2 Å². The van der Waals surface area contributed by atoms with Crippen molar-refractivity contribution < 1.29 is 19.8 Å². The zero-order valence-corrected chi connectivity index (χ0v) is 12.1. The van der Waals surface area contributed by atoms with Gasteiger partial charge in [0.25, 0.3) is 0 Å². The van der Waals surface area contributed by atoms with Gasteiger partial charge in [-0.15, -0.1) is 0 Å². The quantitative estimate of drug-likeness (QED) is 0.664. The molecule has 0 aliphatic heterocycles. The van der Waals surface area contributed by atoms with Crippen molar-refractivity contribution in [1.82, 2.24) is 4.98 Å². The fraction of sp³-hybridized carbons (Fsp3) is 0. The van der Waals surface area contributed by atoms with Crippen LogP contribution >= 0.6 is 0 Å². The average molecular weight is 379 g/mol. The predicted octanol–water partition coefficient (Wildman–Crippen LogP) is -0.706. The summed E-state index contributed by atoms with van der Waals surface area (Å²) >= 11 is 0. The van der Waals surface area contributed by atoms with Gasteiger partial charge in [-0.1, -0.05) is 0 Å². The second-order valence-electron chi connectivity index (χ2n) is 2.01. The van der Waals surface area contributed by atoms with Crippen molar-refractivity contribution in [2.24, 2.45) is 0 Å². The Hall–Kier alpha value is -1.03. The number of hydrogen-bond donors (Lipinski definition) is 2. The zero-order valence-electron chi connectivity index (χ0n) is 6.60. The molecule has 0 aliphatic rings. The van der Waals surface area contributed by atoms with Gasteiger partial charge in [0.1, 0.15) is 0 Å². The Morgan fingerprint density at radius 2 is 1.85 bits per heavy atom. The van der Waals surface area contributed by atoms with Gasteiger partial charge in [0.05, 0.1) is 5.56 Å². The summed E-state index contributed by atoms with van der Waals surface area (Å²) in [6, 6.07) is 2.56. The average Bonchev–Trinajstić information content (AvgIpc) is 2.04. The molecular weight excluding hydrogens is 371 g/mol. The van der Waals surface area contributed by atoms with Gasteiger partial charge >= 0.3 is 38.1 Å². The van der Waals surface area contributed by atoms with E-state index in [1.54, 1.807) is 0 Å². The normalized spacial score (nSPS) is 8.62. The molecule has 0 aliphatic carbocycles. The topological polar surface area (TPSA) is 87.5 Å². The minimum absolute atomic E-state index is 0. The van der Waals surface area contributed by atoms with Crippen molar-refractivity contribution >= 4 is 38.1 Å². The van der Waals surface area contributed by atoms with Gasteiger partial charge in [0.15, 0.2) is 5.69 Å². The second kappa shape index (κ2) is 4.87. The monoisotopic (exact) mass is 379 g/mol. The summed E-state index contributed by atoms with van der Waals surface area (Å²) in [6.45, 7) is 0. The summed E-state index contributed by atoms with van der Waals surface area (Å²) in [4.78, 5) is 24.2. The summed E-state index contributed by atoms with van der Waals surface area (Å²) in [5.41, 5.74) is -0.741. The van der Waals surface area contributed by atoms with Crippen LogP contribution < -0.4 is 0 Å². The Morgan fingerprint density at radius 3 is 2.23 bits per heavy atom. The first-order chi connectivity index (χ1) is 5.63. The summed E-state index contributed by atoms with van der Waals surface area (Å²) < 4.78 is 0. The molecule has 70 valence electrons. The first-order valence-electron chi connectivity index (χ1n) is 3.04. The molecule has 1 rings (SSSR count). The van der Waals surface area contributed by atoms with E-state index in [0.717, 1.165) is 0 Å². The van der Waals surface area contributed by atoms with Gasteiger partial charge in [-0.2, -0.15) is 0 Å². The molecule has 1 aromatic rings. The number of carbonyl (C=O) groups is 2. The van der Waals surface area contributed by atoms with E-state index < -0.39 is 17.6 Å². The minimum atomic E-state index is -1.34. The molecule has 0 bridgehead atoms. The SMILES string of the molecule is O=C(O)c1cccnc1C(=O)O.[BiH3]. The van der Waals surface area contributed by atoms with Crippen LogP contribution in [0, 0.1) is 0 Å². The number of carboxylic acids is 2. The fourth-order valence-corrected chi connectivity index (χ4v) is 0.748. The molecule has 0 unspecified atom stereocenters. The molecule has 0 amide bonds. The van der Waals surface area contributed by atoms with Gasteiger partial charge in [-0.05, 0) is 12.1 Å². The first kappa shape index (κ1) is 12.0. The molecule has 1 heterocycles. The third-order valence-corrected chi connectivity index (χ3v) is 1.24. The van der Waals surface area contributed by atoms with Gasteiger partial charge in [0, 0.05) is 6.20 Å². The number of nitrogens with zero attached hydrogens (tertiary/aromatic N) is 1. The van der Waals surface area contributed by atoms with Crippen LogP contribution in [0.5, 0.6) is 0 Å². The summed E-state index contributed by atoms with van der Waals surface area (Å²) in [6.07, 6.45) is 1.23. The van der Waals surface area contributed by atoms with E-state index in [2.05, 4.69) is 4.98 Å². The number of aromatic nitrogens is 1. The molecule has 5 nitrogen and oxygen atoms in total. The van der Waals surface area contributed by atoms with E-state index in [4.69, 9.17) is 10.2 Å². The van der Waals surface area contributed by atoms with E-state index >= 15 is 0 Å². The standard InChI is InChI=1S/C7H5NO4.Bi.3H/c9-6(10)4-2-1-3-8-5(4)7(11)12;;;;/h1-3H,(H,9,10)(H,11,12);;;;. The molecule has 0 spiro atoms. The first-order valence-corrected chi connectivity index (χ1v) is 3.04. The van der Waals surface area contributed by atoms with Crippen LogP contribution in [0.3, 0.4) is 0 Å². The van der Waals surface area contributed by atoms with Gasteiger partial charge in [0.2, 0.25) is 0 Å². The number of aromatic carboxylic acids is 2. The molecule has 6 heteroatoms. The van der Waals surface area contributed by atoms with Gasteiger partial charge in [-0.25, -0.2) is 14.6 Å². The Morgan fingerprint density at radius 1 is 1.23 bits per heavy atom. The van der Waals surface area contributed by atoms with E-state index in [9.17, 15) is 9.59 Å². The summed E-state index contributed by atoms with van der Waals surface area (Å²) in [5, 5.41) is 17.0. The van der Waals surface area contributed by atoms with Crippen LogP contribution in [0.15, 0.2) is 18.3 Å². The Kier molecular flexibility index (Phi) is 4.48. The molecule has 0 atom stereocenters. The maximum absolute atomic E-state index is 10.4. The number of carboxylic acid groups (broad SMARTS) is 2. The van der Waals surface area contributed by atoms with Crippen LogP contribution in [0.2, 0.25) is 0 Å². The van der Waals surface area contributed by atoms with Crippen molar-refractivity contribution in [3.8, 4) is 0 Å². The Bertz CT molecular complexity index is 306. The number of pyridine rings is 1. The molecule has 2 N–H and O–H groups in total.